The highest BCUT2D eigenvalue weighted by molar-refractivity contribution is 5.93. The number of fused-ring (bicyclic) bond motifs is 2. The summed E-state index contributed by atoms with van der Waals surface area (Å²) in [6.45, 7) is 4.90. The molecule has 0 saturated carbocycles. The van der Waals surface area contributed by atoms with Crippen molar-refractivity contribution in [2.45, 2.75) is 45.4 Å². The number of hydrogen-bond donors (Lipinski definition) is 1. The average molecular weight is 298 g/mol. The van der Waals surface area contributed by atoms with Gasteiger partial charge in [0.05, 0.1) is 5.52 Å². The smallest absolute Gasteiger partial charge is 0.0726 e. The van der Waals surface area contributed by atoms with Crippen LogP contribution in [0.5, 0.6) is 0 Å². The van der Waals surface area contributed by atoms with Crippen LogP contribution in [0.3, 0.4) is 0 Å². The fraction of sp³-hybridized carbons (Fsp3) is 0.526. The normalized spacial score (nSPS) is 13.5. The number of aryl methyl sites for hydroxylation is 1. The Balaban J connectivity index is 1.65. The van der Waals surface area contributed by atoms with Crippen molar-refractivity contribution >= 4 is 16.6 Å². The summed E-state index contributed by atoms with van der Waals surface area (Å²) in [5, 5.41) is 4.92. The molecular formula is C19H26N2O. The van der Waals surface area contributed by atoms with Crippen molar-refractivity contribution in [2.24, 2.45) is 0 Å². The number of benzene rings is 1. The summed E-state index contributed by atoms with van der Waals surface area (Å²) in [5.74, 6) is 0. The first-order chi connectivity index (χ1) is 10.9. The zero-order chi connectivity index (χ0) is 15.2. The van der Waals surface area contributed by atoms with Crippen LogP contribution in [0.25, 0.3) is 10.9 Å². The van der Waals surface area contributed by atoms with Crippen molar-refractivity contribution in [1.82, 2.24) is 4.98 Å². The van der Waals surface area contributed by atoms with Gasteiger partial charge in [-0.15, -0.1) is 0 Å². The quantitative estimate of drug-likeness (QED) is 0.736. The van der Waals surface area contributed by atoms with E-state index in [1.54, 1.807) is 0 Å². The van der Waals surface area contributed by atoms with Gasteiger partial charge in [-0.1, -0.05) is 31.5 Å². The van der Waals surface area contributed by atoms with Gasteiger partial charge in [0.2, 0.25) is 0 Å². The Bertz CT molecular complexity index is 624. The molecule has 0 amide bonds. The van der Waals surface area contributed by atoms with Crippen molar-refractivity contribution in [2.75, 3.05) is 25.1 Å². The van der Waals surface area contributed by atoms with Crippen LogP contribution in [-0.4, -0.2) is 24.7 Å². The molecule has 1 aliphatic carbocycles. The van der Waals surface area contributed by atoms with Crippen LogP contribution in [0.1, 0.15) is 43.9 Å². The molecule has 0 spiro atoms. The zero-order valence-electron chi connectivity index (χ0n) is 13.5. The van der Waals surface area contributed by atoms with Crippen molar-refractivity contribution < 1.29 is 4.74 Å². The lowest BCUT2D eigenvalue weighted by molar-refractivity contribution is 0.131. The van der Waals surface area contributed by atoms with Crippen LogP contribution in [0.4, 0.5) is 5.69 Å². The summed E-state index contributed by atoms with van der Waals surface area (Å²) < 4.78 is 5.64. The molecule has 3 heteroatoms. The first-order valence-corrected chi connectivity index (χ1v) is 8.62. The molecule has 2 aromatic rings. The van der Waals surface area contributed by atoms with Gasteiger partial charge in [0.25, 0.3) is 0 Å². The van der Waals surface area contributed by atoms with E-state index in [4.69, 9.17) is 9.72 Å². The predicted molar refractivity (Wildman–Crippen MR) is 92.6 cm³/mol. The van der Waals surface area contributed by atoms with Crippen molar-refractivity contribution in [3.63, 3.8) is 0 Å². The second-order valence-corrected chi connectivity index (χ2v) is 6.03. The highest BCUT2D eigenvalue weighted by atomic mass is 16.5. The van der Waals surface area contributed by atoms with E-state index in [-0.39, 0.29) is 0 Å². The molecule has 0 fully saturated rings. The van der Waals surface area contributed by atoms with Crippen LogP contribution in [0.15, 0.2) is 24.3 Å². The molecule has 1 aromatic heterocycles. The number of anilines is 1. The molecule has 118 valence electrons. The van der Waals surface area contributed by atoms with E-state index in [9.17, 15) is 0 Å². The third-order valence-electron chi connectivity index (χ3n) is 4.33. The van der Waals surface area contributed by atoms with Gasteiger partial charge in [-0.25, -0.2) is 0 Å². The largest absolute Gasteiger partial charge is 0.384 e. The fourth-order valence-corrected chi connectivity index (χ4v) is 3.15. The highest BCUT2D eigenvalue weighted by Gasteiger charge is 2.18. The number of hydrogen-bond acceptors (Lipinski definition) is 3. The molecule has 3 nitrogen and oxygen atoms in total. The lowest BCUT2D eigenvalue weighted by Crippen LogP contribution is -2.09. The monoisotopic (exact) mass is 298 g/mol. The maximum atomic E-state index is 5.64. The second-order valence-electron chi connectivity index (χ2n) is 6.03. The zero-order valence-corrected chi connectivity index (χ0v) is 13.5. The van der Waals surface area contributed by atoms with Gasteiger partial charge in [0.15, 0.2) is 0 Å². The van der Waals surface area contributed by atoms with E-state index in [1.165, 1.54) is 35.2 Å². The molecule has 1 aromatic carbocycles. The van der Waals surface area contributed by atoms with Gasteiger partial charge in [0.1, 0.15) is 0 Å². The molecule has 1 N–H and O–H groups in total. The maximum Gasteiger partial charge on any atom is 0.0726 e. The Morgan fingerprint density at radius 1 is 1.14 bits per heavy atom. The van der Waals surface area contributed by atoms with E-state index >= 15 is 0 Å². The third kappa shape index (κ3) is 3.41. The number of nitrogens with zero attached hydrogens (tertiary/aromatic N) is 1. The standard InChI is InChI=1S/C19H26N2O/c1-2-3-13-22-14-7-12-20-19-15-8-4-5-10-17(15)21-18-11-6-9-16(18)19/h4-5,8,10H,2-3,6-7,9,11-14H2,1H3,(H,20,21). The second kappa shape index (κ2) is 7.59. The van der Waals surface area contributed by atoms with Gasteiger partial charge in [-0.3, -0.25) is 4.98 Å². The minimum absolute atomic E-state index is 0.845. The fourth-order valence-electron chi connectivity index (χ4n) is 3.15. The number of rotatable bonds is 8. The maximum absolute atomic E-state index is 5.64. The van der Waals surface area contributed by atoms with Crippen molar-refractivity contribution in [3.8, 4) is 0 Å². The van der Waals surface area contributed by atoms with Gasteiger partial charge in [-0.2, -0.15) is 0 Å². The summed E-state index contributed by atoms with van der Waals surface area (Å²) in [7, 11) is 0. The third-order valence-corrected chi connectivity index (χ3v) is 4.33. The number of ether oxygens (including phenoxy) is 1. The van der Waals surface area contributed by atoms with Gasteiger partial charge in [-0.05, 0) is 43.7 Å². The molecule has 22 heavy (non-hydrogen) atoms. The molecule has 0 aliphatic heterocycles. The molecule has 0 atom stereocenters. The van der Waals surface area contributed by atoms with Gasteiger partial charge < -0.3 is 10.1 Å². The van der Waals surface area contributed by atoms with Crippen LogP contribution in [-0.2, 0) is 17.6 Å². The summed E-state index contributed by atoms with van der Waals surface area (Å²) in [5.41, 5.74) is 5.16. The first kappa shape index (κ1) is 15.3. The molecule has 1 heterocycles. The van der Waals surface area contributed by atoms with Crippen LogP contribution in [0, 0.1) is 0 Å². The van der Waals surface area contributed by atoms with Crippen molar-refractivity contribution in [3.05, 3.63) is 35.5 Å². The topological polar surface area (TPSA) is 34.1 Å². The average Bonchev–Trinajstić information content (AvgIpc) is 3.01. The molecule has 0 saturated heterocycles. The SMILES string of the molecule is CCCCOCCCNc1c2c(nc3ccccc13)CCC2. The van der Waals surface area contributed by atoms with E-state index in [1.807, 2.05) is 0 Å². The van der Waals surface area contributed by atoms with Crippen LogP contribution < -0.4 is 5.32 Å². The minimum atomic E-state index is 0.845. The lowest BCUT2D eigenvalue weighted by atomic mass is 10.1. The summed E-state index contributed by atoms with van der Waals surface area (Å²) in [6, 6.07) is 8.47. The first-order valence-electron chi connectivity index (χ1n) is 8.62. The predicted octanol–water partition coefficient (Wildman–Crippen LogP) is 4.34. The summed E-state index contributed by atoms with van der Waals surface area (Å²) >= 11 is 0. The van der Waals surface area contributed by atoms with Crippen molar-refractivity contribution in [1.29, 1.82) is 0 Å². The molecule has 3 rings (SSSR count). The molecule has 1 aliphatic rings. The van der Waals surface area contributed by atoms with Crippen LogP contribution in [0.2, 0.25) is 0 Å². The number of unbranched alkanes of at least 4 members (excludes halogenated alkanes) is 1. The summed E-state index contributed by atoms with van der Waals surface area (Å²) in [6.07, 6.45) is 6.92. The van der Waals surface area contributed by atoms with Gasteiger partial charge >= 0.3 is 0 Å². The molecule has 0 radical (unpaired) electrons. The van der Waals surface area contributed by atoms with Gasteiger partial charge in [0, 0.05) is 36.5 Å². The molecule has 0 unspecified atom stereocenters. The lowest BCUT2D eigenvalue weighted by Gasteiger charge is -2.14. The van der Waals surface area contributed by atoms with E-state index < -0.39 is 0 Å². The summed E-state index contributed by atoms with van der Waals surface area (Å²) in [4.78, 5) is 4.83. The Kier molecular flexibility index (Phi) is 5.28. The Hall–Kier alpha value is -1.61. The Morgan fingerprint density at radius 2 is 2.00 bits per heavy atom. The number of para-hydroxylation sites is 1. The number of nitrogens with one attached hydrogen (secondary N) is 1. The van der Waals surface area contributed by atoms with E-state index in [0.717, 1.165) is 51.0 Å². The molecule has 0 bridgehead atoms. The molecular weight excluding hydrogens is 272 g/mol. The van der Waals surface area contributed by atoms with Crippen LogP contribution >= 0.6 is 0 Å². The Morgan fingerprint density at radius 3 is 2.91 bits per heavy atom. The Labute approximate surface area is 133 Å². The number of aromatic nitrogens is 1. The highest BCUT2D eigenvalue weighted by Crippen LogP contribution is 2.33. The minimum Gasteiger partial charge on any atom is -0.384 e. The van der Waals surface area contributed by atoms with E-state index in [2.05, 4.69) is 36.5 Å². The number of pyridine rings is 1. The van der Waals surface area contributed by atoms with E-state index in [0.29, 0.717) is 0 Å².